The molecular weight excluding hydrogens is 507 g/mol. The van der Waals surface area contributed by atoms with E-state index in [1.807, 2.05) is 46.5 Å². The van der Waals surface area contributed by atoms with Crippen molar-refractivity contribution in [1.29, 1.82) is 0 Å². The van der Waals surface area contributed by atoms with Crippen molar-refractivity contribution in [1.82, 2.24) is 25.1 Å². The number of guanidine groups is 1. The smallest absolute Gasteiger partial charge is 0.408 e. The van der Waals surface area contributed by atoms with Gasteiger partial charge in [-0.1, -0.05) is 20.8 Å². The summed E-state index contributed by atoms with van der Waals surface area (Å²) in [6.45, 7) is 14.5. The van der Waals surface area contributed by atoms with E-state index in [9.17, 15) is 4.79 Å². The minimum absolute atomic E-state index is 0. The number of aromatic nitrogens is 2. The number of aliphatic imine (C=N–C) groups is 1. The predicted octanol–water partition coefficient (Wildman–Crippen LogP) is 4.04. The van der Waals surface area contributed by atoms with Crippen molar-refractivity contribution in [2.75, 3.05) is 26.7 Å². The molecule has 2 atom stereocenters. The Labute approximate surface area is 204 Å². The van der Waals surface area contributed by atoms with E-state index in [1.165, 1.54) is 0 Å². The highest BCUT2D eigenvalue weighted by Gasteiger charge is 2.33. The maximum atomic E-state index is 12.4. The molecule has 2 rings (SSSR count). The van der Waals surface area contributed by atoms with E-state index in [-0.39, 0.29) is 30.1 Å². The van der Waals surface area contributed by atoms with E-state index in [4.69, 9.17) is 4.74 Å². The zero-order valence-corrected chi connectivity index (χ0v) is 22.5. The molecule has 0 aromatic carbocycles. The number of carbonyl (C=O) groups excluding carboxylic acids is 1. The number of ether oxygens (including phenoxy) is 1. The number of alkyl carbamates (subject to hydrolysis) is 1. The van der Waals surface area contributed by atoms with Gasteiger partial charge in [-0.25, -0.2) is 9.78 Å². The first-order chi connectivity index (χ1) is 14.1. The number of hydrogen-bond acceptors (Lipinski definition) is 4. The van der Waals surface area contributed by atoms with Crippen molar-refractivity contribution in [2.45, 2.75) is 78.0 Å². The van der Waals surface area contributed by atoms with Crippen molar-refractivity contribution >= 4 is 36.0 Å². The molecule has 1 saturated heterocycles. The molecule has 0 spiro atoms. The molecule has 2 unspecified atom stereocenters. The lowest BCUT2D eigenvalue weighted by Gasteiger charge is -2.40. The quantitative estimate of drug-likeness (QED) is 0.319. The lowest BCUT2D eigenvalue weighted by molar-refractivity contribution is 0.0448. The number of piperidine rings is 1. The van der Waals surface area contributed by atoms with Gasteiger partial charge >= 0.3 is 6.09 Å². The van der Waals surface area contributed by atoms with Crippen LogP contribution in [0.3, 0.4) is 0 Å². The lowest BCUT2D eigenvalue weighted by atomic mass is 9.92. The summed E-state index contributed by atoms with van der Waals surface area (Å²) < 4.78 is 7.68. The molecular formula is C22H41IN6O2. The number of likely N-dealkylation sites (tertiary alicyclic amines) is 1. The molecule has 31 heavy (non-hydrogen) atoms. The first-order valence-electron chi connectivity index (χ1n) is 11.1. The number of hydrogen-bond donors (Lipinski definition) is 2. The third-order valence-electron chi connectivity index (χ3n) is 6.04. The Hall–Kier alpha value is -1.52. The maximum absolute atomic E-state index is 12.4. The molecule has 1 fully saturated rings. The van der Waals surface area contributed by atoms with Crippen LogP contribution >= 0.6 is 24.0 Å². The summed E-state index contributed by atoms with van der Waals surface area (Å²) in [5, 5.41) is 6.61. The SMILES string of the molecule is CCC(CC)(CNC(=NC)N1CCC(C)C(n2ccnc2)C1)NC(=O)OC(C)(C)C.I. The van der Waals surface area contributed by atoms with Gasteiger partial charge in [0.15, 0.2) is 5.96 Å². The van der Waals surface area contributed by atoms with Gasteiger partial charge in [0.05, 0.1) is 17.9 Å². The fourth-order valence-corrected chi connectivity index (χ4v) is 3.92. The van der Waals surface area contributed by atoms with Crippen LogP contribution in [0.25, 0.3) is 0 Å². The van der Waals surface area contributed by atoms with Gasteiger partial charge in [-0.2, -0.15) is 0 Å². The van der Waals surface area contributed by atoms with Crippen LogP contribution in [0.2, 0.25) is 0 Å². The van der Waals surface area contributed by atoms with Gasteiger partial charge < -0.3 is 24.8 Å². The average molecular weight is 549 g/mol. The van der Waals surface area contributed by atoms with Crippen molar-refractivity contribution < 1.29 is 9.53 Å². The van der Waals surface area contributed by atoms with E-state index in [0.29, 0.717) is 18.5 Å². The molecule has 2 N–H and O–H groups in total. The van der Waals surface area contributed by atoms with Gasteiger partial charge in [0.2, 0.25) is 0 Å². The molecule has 9 heteroatoms. The summed E-state index contributed by atoms with van der Waals surface area (Å²) in [7, 11) is 1.81. The summed E-state index contributed by atoms with van der Waals surface area (Å²) in [4.78, 5) is 23.4. The number of amides is 1. The molecule has 2 heterocycles. The third kappa shape index (κ3) is 7.84. The summed E-state index contributed by atoms with van der Waals surface area (Å²) in [6, 6.07) is 0.363. The fraction of sp³-hybridized carbons (Fsp3) is 0.773. The standard InChI is InChI=1S/C22H40N6O2.HI/c1-8-22(9-2,26-20(29)30-21(4,5)6)15-25-19(23-7)27-12-10-17(3)18(14-27)28-13-11-24-16-28;/h11,13,16-18H,8-10,12,14-15H2,1-7H3,(H,23,25)(H,26,29);1H. The fourth-order valence-electron chi connectivity index (χ4n) is 3.92. The molecule has 0 bridgehead atoms. The number of nitrogens with zero attached hydrogens (tertiary/aromatic N) is 4. The highest BCUT2D eigenvalue weighted by atomic mass is 127. The highest BCUT2D eigenvalue weighted by molar-refractivity contribution is 14.0. The molecule has 1 aromatic rings. The normalized spacial score (nSPS) is 20.1. The van der Waals surface area contributed by atoms with Crippen LogP contribution in [0.4, 0.5) is 4.79 Å². The Balaban J connectivity index is 0.00000480. The van der Waals surface area contributed by atoms with Gasteiger partial charge in [-0.3, -0.25) is 4.99 Å². The zero-order chi connectivity index (χ0) is 22.4. The van der Waals surface area contributed by atoms with Crippen molar-refractivity contribution in [2.24, 2.45) is 10.9 Å². The van der Waals surface area contributed by atoms with Crippen LogP contribution in [0, 0.1) is 5.92 Å². The van der Waals surface area contributed by atoms with Crippen LogP contribution in [-0.2, 0) is 4.74 Å². The Morgan fingerprint density at radius 1 is 1.29 bits per heavy atom. The second-order valence-corrected chi connectivity index (χ2v) is 9.30. The van der Waals surface area contributed by atoms with Crippen LogP contribution in [-0.4, -0.2) is 64.3 Å². The van der Waals surface area contributed by atoms with Gasteiger partial charge in [-0.05, 0) is 46.0 Å². The van der Waals surface area contributed by atoms with Crippen molar-refractivity contribution in [3.63, 3.8) is 0 Å². The Bertz CT molecular complexity index is 697. The van der Waals surface area contributed by atoms with Gasteiger partial charge in [0.25, 0.3) is 0 Å². The molecule has 0 aliphatic carbocycles. The zero-order valence-electron chi connectivity index (χ0n) is 20.1. The monoisotopic (exact) mass is 548 g/mol. The molecule has 0 saturated carbocycles. The van der Waals surface area contributed by atoms with Crippen LogP contribution in [0.5, 0.6) is 0 Å². The lowest BCUT2D eigenvalue weighted by Crippen LogP contribution is -2.58. The number of nitrogens with one attached hydrogen (secondary N) is 2. The topological polar surface area (TPSA) is 83.8 Å². The van der Waals surface area contributed by atoms with E-state index in [0.717, 1.165) is 38.3 Å². The largest absolute Gasteiger partial charge is 0.444 e. The molecule has 1 amide bonds. The predicted molar refractivity (Wildman–Crippen MR) is 136 cm³/mol. The van der Waals surface area contributed by atoms with E-state index < -0.39 is 11.1 Å². The summed E-state index contributed by atoms with van der Waals surface area (Å²) in [5.74, 6) is 1.44. The minimum atomic E-state index is -0.520. The Morgan fingerprint density at radius 2 is 1.97 bits per heavy atom. The second-order valence-electron chi connectivity index (χ2n) is 9.30. The van der Waals surface area contributed by atoms with Crippen molar-refractivity contribution in [3.05, 3.63) is 18.7 Å². The Morgan fingerprint density at radius 3 is 2.48 bits per heavy atom. The Kier molecular flexibility index (Phi) is 10.6. The van der Waals surface area contributed by atoms with E-state index in [1.54, 1.807) is 0 Å². The maximum Gasteiger partial charge on any atom is 0.408 e. The van der Waals surface area contributed by atoms with Crippen molar-refractivity contribution in [3.8, 4) is 0 Å². The van der Waals surface area contributed by atoms with Crippen LogP contribution < -0.4 is 10.6 Å². The summed E-state index contributed by atoms with van der Waals surface area (Å²) in [6.07, 6.45) is 8.05. The number of imidazole rings is 1. The second kappa shape index (κ2) is 11.9. The van der Waals surface area contributed by atoms with Crippen LogP contribution in [0.1, 0.15) is 66.8 Å². The molecule has 1 aliphatic heterocycles. The first-order valence-corrected chi connectivity index (χ1v) is 11.1. The first kappa shape index (κ1) is 27.5. The molecule has 0 radical (unpaired) electrons. The highest BCUT2D eigenvalue weighted by Crippen LogP contribution is 2.27. The van der Waals surface area contributed by atoms with Gasteiger partial charge in [0, 0.05) is 39.1 Å². The molecule has 1 aromatic heterocycles. The molecule has 1 aliphatic rings. The summed E-state index contributed by atoms with van der Waals surface area (Å²) in [5.41, 5.74) is -0.918. The molecule has 8 nitrogen and oxygen atoms in total. The third-order valence-corrected chi connectivity index (χ3v) is 6.04. The van der Waals surface area contributed by atoms with Gasteiger partial charge in [-0.15, -0.1) is 24.0 Å². The summed E-state index contributed by atoms with van der Waals surface area (Å²) >= 11 is 0. The van der Waals surface area contributed by atoms with E-state index >= 15 is 0 Å². The minimum Gasteiger partial charge on any atom is -0.444 e. The number of rotatable bonds is 6. The molecule has 178 valence electrons. The van der Waals surface area contributed by atoms with E-state index in [2.05, 4.69) is 50.8 Å². The van der Waals surface area contributed by atoms with Gasteiger partial charge in [0.1, 0.15) is 5.60 Å². The number of halogens is 1. The average Bonchev–Trinajstić information content (AvgIpc) is 3.21. The number of carbonyl (C=O) groups is 1. The van der Waals surface area contributed by atoms with Crippen LogP contribution in [0.15, 0.2) is 23.7 Å².